The molecule has 1 aliphatic rings. The topological polar surface area (TPSA) is 79.4 Å². The van der Waals surface area contributed by atoms with E-state index in [1.807, 2.05) is 0 Å². The molecule has 1 saturated heterocycles. The van der Waals surface area contributed by atoms with Crippen molar-refractivity contribution < 1.29 is 30.8 Å². The number of carbonyl (C=O) groups is 1. The predicted octanol–water partition coefficient (Wildman–Crippen LogP) is 3.75. The van der Waals surface area contributed by atoms with Crippen LogP contribution in [0.1, 0.15) is 17.7 Å². The van der Waals surface area contributed by atoms with E-state index >= 15 is 0 Å². The van der Waals surface area contributed by atoms with Crippen LogP contribution in [-0.2, 0) is 21.0 Å². The molecule has 0 radical (unpaired) electrons. The molecule has 3 rings (SSSR count). The number of hydrogen-bond acceptors (Lipinski definition) is 4. The number of sulfonamides is 1. The normalized spacial score (nSPS) is 18.7. The standard InChI is InChI=1S/C17H14ClF4N3O3S/c1-9-6-10(17(20,21)22)7-15(23-9)25-14(4-5-29(25,27)28)16(26)24-11-2-3-13(19)12(18)8-11/h2-3,6-8,14H,4-5H2,1H3,(H,24,26)/t14-/m1/s1. The van der Waals surface area contributed by atoms with Gasteiger partial charge in [0.1, 0.15) is 17.7 Å². The Kier molecular flexibility index (Phi) is 5.48. The number of amides is 1. The first-order valence-corrected chi connectivity index (χ1v) is 10.2. The smallest absolute Gasteiger partial charge is 0.324 e. The number of nitrogens with zero attached hydrogens (tertiary/aromatic N) is 2. The van der Waals surface area contributed by atoms with Crippen LogP contribution in [0.3, 0.4) is 0 Å². The molecule has 1 aliphatic heterocycles. The van der Waals surface area contributed by atoms with Crippen LogP contribution < -0.4 is 9.62 Å². The maximum Gasteiger partial charge on any atom is 0.416 e. The Morgan fingerprint density at radius 2 is 1.97 bits per heavy atom. The van der Waals surface area contributed by atoms with Crippen LogP contribution in [0, 0.1) is 12.7 Å². The van der Waals surface area contributed by atoms with Crippen molar-refractivity contribution in [2.45, 2.75) is 25.6 Å². The lowest BCUT2D eigenvalue weighted by Crippen LogP contribution is -2.42. The molecule has 0 unspecified atom stereocenters. The molecule has 1 aromatic carbocycles. The van der Waals surface area contributed by atoms with Crippen molar-refractivity contribution in [2.24, 2.45) is 0 Å². The van der Waals surface area contributed by atoms with Gasteiger partial charge in [-0.25, -0.2) is 22.1 Å². The maximum atomic E-state index is 13.3. The lowest BCUT2D eigenvalue weighted by molar-refractivity contribution is -0.137. The van der Waals surface area contributed by atoms with E-state index < -0.39 is 51.1 Å². The van der Waals surface area contributed by atoms with Gasteiger partial charge in [-0.15, -0.1) is 0 Å². The molecule has 6 nitrogen and oxygen atoms in total. The van der Waals surface area contributed by atoms with Crippen molar-refractivity contribution in [3.8, 4) is 0 Å². The summed E-state index contributed by atoms with van der Waals surface area (Å²) in [6, 6.07) is 3.42. The van der Waals surface area contributed by atoms with E-state index in [1.165, 1.54) is 13.0 Å². The van der Waals surface area contributed by atoms with Gasteiger partial charge in [-0.3, -0.25) is 4.79 Å². The first-order chi connectivity index (χ1) is 13.4. The molecule has 29 heavy (non-hydrogen) atoms. The highest BCUT2D eigenvalue weighted by Gasteiger charge is 2.43. The third-order valence-electron chi connectivity index (χ3n) is 4.21. The highest BCUT2D eigenvalue weighted by Crippen LogP contribution is 2.35. The van der Waals surface area contributed by atoms with Crippen molar-refractivity contribution in [2.75, 3.05) is 15.4 Å². The van der Waals surface area contributed by atoms with Crippen LogP contribution >= 0.6 is 11.6 Å². The molecular formula is C17H14ClF4N3O3S. The number of aryl methyl sites for hydroxylation is 1. The van der Waals surface area contributed by atoms with Gasteiger partial charge in [-0.1, -0.05) is 11.6 Å². The number of alkyl halides is 3. The molecule has 1 atom stereocenters. The lowest BCUT2D eigenvalue weighted by atomic mass is 10.1. The molecule has 12 heteroatoms. The molecule has 1 aromatic heterocycles. The molecule has 0 aliphatic carbocycles. The number of pyridine rings is 1. The Bertz CT molecular complexity index is 1080. The molecule has 1 N–H and O–H groups in total. The van der Waals surface area contributed by atoms with E-state index in [9.17, 15) is 30.8 Å². The summed E-state index contributed by atoms with van der Waals surface area (Å²) in [6.45, 7) is 1.29. The SMILES string of the molecule is Cc1cc(C(F)(F)F)cc(N2[C@@H](C(=O)Nc3ccc(F)c(Cl)c3)CCS2(=O)=O)n1. The minimum absolute atomic E-state index is 0.0543. The third-order valence-corrected chi connectivity index (χ3v) is 6.30. The zero-order valence-electron chi connectivity index (χ0n) is 14.8. The fourth-order valence-electron chi connectivity index (χ4n) is 2.94. The molecule has 0 saturated carbocycles. The largest absolute Gasteiger partial charge is 0.416 e. The Balaban J connectivity index is 1.97. The predicted molar refractivity (Wildman–Crippen MR) is 98.7 cm³/mol. The van der Waals surface area contributed by atoms with Gasteiger partial charge in [0.2, 0.25) is 15.9 Å². The van der Waals surface area contributed by atoms with E-state index in [-0.39, 0.29) is 22.8 Å². The minimum atomic E-state index is -4.71. The summed E-state index contributed by atoms with van der Waals surface area (Å²) < 4.78 is 78.1. The van der Waals surface area contributed by atoms with E-state index in [2.05, 4.69) is 10.3 Å². The zero-order chi connectivity index (χ0) is 21.6. The number of aromatic nitrogens is 1. The average Bonchev–Trinajstić information content (AvgIpc) is 2.92. The molecule has 2 heterocycles. The summed E-state index contributed by atoms with van der Waals surface area (Å²) in [7, 11) is -4.06. The first-order valence-electron chi connectivity index (χ1n) is 8.22. The van der Waals surface area contributed by atoms with Gasteiger partial charge in [0.05, 0.1) is 16.3 Å². The van der Waals surface area contributed by atoms with Gasteiger partial charge in [0.15, 0.2) is 0 Å². The summed E-state index contributed by atoms with van der Waals surface area (Å²) in [5.74, 6) is -2.44. The number of rotatable bonds is 3. The number of carbonyl (C=O) groups excluding carboxylic acids is 1. The molecule has 0 spiro atoms. The fraction of sp³-hybridized carbons (Fsp3) is 0.294. The van der Waals surface area contributed by atoms with Crippen LogP contribution in [0.2, 0.25) is 5.02 Å². The second-order valence-electron chi connectivity index (χ2n) is 6.39. The third kappa shape index (κ3) is 4.45. The van der Waals surface area contributed by atoms with Crippen LogP contribution in [0.5, 0.6) is 0 Å². The van der Waals surface area contributed by atoms with Gasteiger partial charge in [0.25, 0.3) is 0 Å². The van der Waals surface area contributed by atoms with Crippen molar-refractivity contribution in [3.63, 3.8) is 0 Å². The van der Waals surface area contributed by atoms with Gasteiger partial charge < -0.3 is 5.32 Å². The number of hydrogen-bond donors (Lipinski definition) is 1. The van der Waals surface area contributed by atoms with Gasteiger partial charge >= 0.3 is 6.18 Å². The van der Waals surface area contributed by atoms with Crippen molar-refractivity contribution >= 4 is 39.0 Å². The van der Waals surface area contributed by atoms with E-state index in [1.54, 1.807) is 0 Å². The Hall–Kier alpha value is -2.40. The monoisotopic (exact) mass is 451 g/mol. The molecular weight excluding hydrogens is 438 g/mol. The van der Waals surface area contributed by atoms with Crippen LogP contribution in [0.25, 0.3) is 0 Å². The van der Waals surface area contributed by atoms with Gasteiger partial charge in [-0.2, -0.15) is 13.2 Å². The zero-order valence-corrected chi connectivity index (χ0v) is 16.4. The average molecular weight is 452 g/mol. The molecule has 0 bridgehead atoms. The summed E-state index contributed by atoms with van der Waals surface area (Å²) in [6.07, 6.45) is -4.87. The Morgan fingerprint density at radius 3 is 2.59 bits per heavy atom. The Morgan fingerprint density at radius 1 is 1.28 bits per heavy atom. The van der Waals surface area contributed by atoms with E-state index in [0.717, 1.165) is 18.2 Å². The summed E-state index contributed by atoms with van der Waals surface area (Å²) in [4.78, 5) is 16.5. The van der Waals surface area contributed by atoms with Crippen molar-refractivity contribution in [1.82, 2.24) is 4.98 Å². The van der Waals surface area contributed by atoms with E-state index in [4.69, 9.17) is 11.6 Å². The van der Waals surface area contributed by atoms with Crippen LogP contribution in [0.15, 0.2) is 30.3 Å². The fourth-order valence-corrected chi connectivity index (χ4v) is 4.80. The molecule has 1 fully saturated rings. The number of benzene rings is 1. The number of halogens is 5. The number of nitrogens with one attached hydrogen (secondary N) is 1. The van der Waals surface area contributed by atoms with Gasteiger partial charge in [-0.05, 0) is 43.7 Å². The summed E-state index contributed by atoms with van der Waals surface area (Å²) in [5.41, 5.74) is -1.02. The number of anilines is 2. The Labute approximate surface area is 168 Å². The maximum absolute atomic E-state index is 13.3. The lowest BCUT2D eigenvalue weighted by Gasteiger charge is -2.24. The quantitative estimate of drug-likeness (QED) is 0.721. The van der Waals surface area contributed by atoms with Gasteiger partial charge in [0, 0.05) is 11.4 Å². The molecule has 156 valence electrons. The second-order valence-corrected chi connectivity index (χ2v) is 8.76. The van der Waals surface area contributed by atoms with Crippen molar-refractivity contribution in [3.05, 3.63) is 52.4 Å². The molecule has 1 amide bonds. The summed E-state index contributed by atoms with van der Waals surface area (Å²) in [5, 5.41) is 2.15. The molecule has 2 aromatic rings. The minimum Gasteiger partial charge on any atom is -0.324 e. The summed E-state index contributed by atoms with van der Waals surface area (Å²) >= 11 is 5.66. The van der Waals surface area contributed by atoms with E-state index in [0.29, 0.717) is 10.4 Å². The van der Waals surface area contributed by atoms with Crippen molar-refractivity contribution in [1.29, 1.82) is 0 Å². The van der Waals surface area contributed by atoms with Crippen LogP contribution in [-0.4, -0.2) is 31.1 Å². The van der Waals surface area contributed by atoms with Crippen LogP contribution in [0.4, 0.5) is 29.1 Å². The highest BCUT2D eigenvalue weighted by molar-refractivity contribution is 7.93. The first kappa shape index (κ1) is 21.3. The highest BCUT2D eigenvalue weighted by atomic mass is 35.5. The second kappa shape index (κ2) is 7.45.